The summed E-state index contributed by atoms with van der Waals surface area (Å²) < 4.78 is 6.03. The van der Waals surface area contributed by atoms with Crippen LogP contribution < -0.4 is 10.6 Å². The number of non-ortho nitro benzene ring substituents is 1. The van der Waals surface area contributed by atoms with Crippen molar-refractivity contribution in [1.29, 1.82) is 0 Å². The third-order valence-corrected chi connectivity index (χ3v) is 4.51. The van der Waals surface area contributed by atoms with Crippen LogP contribution in [-0.2, 0) is 9.53 Å². The zero-order valence-electron chi connectivity index (χ0n) is 15.5. The molecule has 1 aliphatic heterocycles. The zero-order valence-corrected chi connectivity index (χ0v) is 15.5. The molecule has 1 saturated heterocycles. The average molecular weight is 349 g/mol. The number of nitro benzene ring substituents is 1. The fraction of sp³-hybridized carbons (Fsp3) is 0.611. The van der Waals surface area contributed by atoms with Crippen molar-refractivity contribution in [2.45, 2.75) is 64.7 Å². The molecule has 138 valence electrons. The Morgan fingerprint density at radius 1 is 1.36 bits per heavy atom. The number of anilines is 1. The van der Waals surface area contributed by atoms with Crippen LogP contribution in [0.2, 0.25) is 0 Å². The number of carbonyl (C=O) groups is 1. The highest BCUT2D eigenvalue weighted by Gasteiger charge is 2.45. The molecular weight excluding hydrogens is 322 g/mol. The number of benzene rings is 1. The Hall–Kier alpha value is -1.99. The first-order valence-electron chi connectivity index (χ1n) is 8.49. The van der Waals surface area contributed by atoms with Crippen LogP contribution in [0, 0.1) is 17.0 Å². The number of amides is 1. The largest absolute Gasteiger partial charge is 0.368 e. The second kappa shape index (κ2) is 7.09. The molecule has 1 aromatic carbocycles. The fourth-order valence-electron chi connectivity index (χ4n) is 3.35. The van der Waals surface area contributed by atoms with Gasteiger partial charge in [0, 0.05) is 36.8 Å². The summed E-state index contributed by atoms with van der Waals surface area (Å²) in [5.74, 6) is -0.125. The molecule has 1 fully saturated rings. The summed E-state index contributed by atoms with van der Waals surface area (Å²) in [6.07, 6.45) is 1.21. The summed E-state index contributed by atoms with van der Waals surface area (Å²) >= 11 is 0. The predicted molar refractivity (Wildman–Crippen MR) is 96.7 cm³/mol. The molecule has 0 bridgehead atoms. The number of nitrogens with one attached hydrogen (secondary N) is 2. The molecule has 1 aromatic rings. The van der Waals surface area contributed by atoms with E-state index in [0.29, 0.717) is 24.2 Å². The van der Waals surface area contributed by atoms with Gasteiger partial charge < -0.3 is 15.4 Å². The highest BCUT2D eigenvalue weighted by Crippen LogP contribution is 2.37. The minimum Gasteiger partial charge on any atom is -0.368 e. The van der Waals surface area contributed by atoms with Crippen molar-refractivity contribution in [3.8, 4) is 0 Å². The number of ether oxygens (including phenoxy) is 1. The lowest BCUT2D eigenvalue weighted by atomic mass is 9.94. The standard InChI is InChI=1S/C18H27N3O4/c1-12-10-13(21(23)24)6-7-14(12)20-16(22)8-9-19-15-11-17(2,3)25-18(15,4)5/h6-7,10,15,19H,8-9,11H2,1-5H3,(H,20,22)/t15-/m0/s1. The highest BCUT2D eigenvalue weighted by atomic mass is 16.6. The first kappa shape index (κ1) is 19.3. The molecule has 0 aliphatic carbocycles. The molecule has 1 heterocycles. The Balaban J connectivity index is 1.84. The lowest BCUT2D eigenvalue weighted by Gasteiger charge is -2.27. The van der Waals surface area contributed by atoms with Gasteiger partial charge in [0.25, 0.3) is 5.69 Å². The van der Waals surface area contributed by atoms with Gasteiger partial charge in [0.15, 0.2) is 0 Å². The summed E-state index contributed by atoms with van der Waals surface area (Å²) in [6, 6.07) is 4.60. The Morgan fingerprint density at radius 2 is 2.04 bits per heavy atom. The van der Waals surface area contributed by atoms with Gasteiger partial charge in [-0.15, -0.1) is 0 Å². The van der Waals surface area contributed by atoms with E-state index >= 15 is 0 Å². The van der Waals surface area contributed by atoms with E-state index in [-0.39, 0.29) is 28.8 Å². The van der Waals surface area contributed by atoms with Gasteiger partial charge in [-0.1, -0.05) is 0 Å². The van der Waals surface area contributed by atoms with Gasteiger partial charge in [0.1, 0.15) is 0 Å². The van der Waals surface area contributed by atoms with Crippen molar-refractivity contribution in [3.05, 3.63) is 33.9 Å². The van der Waals surface area contributed by atoms with Crippen molar-refractivity contribution in [1.82, 2.24) is 5.32 Å². The number of nitrogens with zero attached hydrogens (tertiary/aromatic N) is 1. The molecule has 1 aliphatic rings. The van der Waals surface area contributed by atoms with Gasteiger partial charge in [0.2, 0.25) is 5.91 Å². The van der Waals surface area contributed by atoms with E-state index in [1.807, 2.05) is 0 Å². The monoisotopic (exact) mass is 349 g/mol. The van der Waals surface area contributed by atoms with Crippen LogP contribution in [0.15, 0.2) is 18.2 Å². The van der Waals surface area contributed by atoms with E-state index in [0.717, 1.165) is 6.42 Å². The van der Waals surface area contributed by atoms with Crippen LogP contribution in [0.4, 0.5) is 11.4 Å². The van der Waals surface area contributed by atoms with E-state index in [2.05, 4.69) is 38.3 Å². The van der Waals surface area contributed by atoms with E-state index in [4.69, 9.17) is 4.74 Å². The first-order valence-corrected chi connectivity index (χ1v) is 8.49. The molecule has 2 N–H and O–H groups in total. The molecule has 25 heavy (non-hydrogen) atoms. The Labute approximate surface area is 148 Å². The number of rotatable bonds is 6. The summed E-state index contributed by atoms with van der Waals surface area (Å²) in [4.78, 5) is 22.4. The summed E-state index contributed by atoms with van der Waals surface area (Å²) in [6.45, 7) is 10.5. The highest BCUT2D eigenvalue weighted by molar-refractivity contribution is 5.91. The quantitative estimate of drug-likeness (QED) is 0.608. The third-order valence-electron chi connectivity index (χ3n) is 4.51. The molecule has 0 saturated carbocycles. The third kappa shape index (κ3) is 4.99. The van der Waals surface area contributed by atoms with E-state index < -0.39 is 4.92 Å². The molecular formula is C18H27N3O4. The number of hydrogen-bond acceptors (Lipinski definition) is 5. The zero-order chi connectivity index (χ0) is 18.8. The van der Waals surface area contributed by atoms with Gasteiger partial charge in [-0.05, 0) is 52.7 Å². The lowest BCUT2D eigenvalue weighted by molar-refractivity contribution is -0.384. The Kier molecular flexibility index (Phi) is 5.49. The smallest absolute Gasteiger partial charge is 0.269 e. The van der Waals surface area contributed by atoms with Gasteiger partial charge in [-0.25, -0.2) is 0 Å². The number of aryl methyl sites for hydroxylation is 1. The van der Waals surface area contributed by atoms with Crippen LogP contribution >= 0.6 is 0 Å². The number of carbonyl (C=O) groups excluding carboxylic acids is 1. The molecule has 0 radical (unpaired) electrons. The topological polar surface area (TPSA) is 93.5 Å². The van der Waals surface area contributed by atoms with Gasteiger partial charge in [0.05, 0.1) is 16.1 Å². The molecule has 7 heteroatoms. The van der Waals surface area contributed by atoms with Crippen LogP contribution in [0.3, 0.4) is 0 Å². The summed E-state index contributed by atoms with van der Waals surface area (Å²) in [5.41, 5.74) is 0.848. The van der Waals surface area contributed by atoms with Crippen molar-refractivity contribution in [3.63, 3.8) is 0 Å². The molecule has 0 spiro atoms. The van der Waals surface area contributed by atoms with E-state index in [1.54, 1.807) is 13.0 Å². The van der Waals surface area contributed by atoms with Gasteiger partial charge in [-0.2, -0.15) is 0 Å². The maximum atomic E-state index is 12.1. The number of nitro groups is 1. The normalized spacial score (nSPS) is 21.1. The molecule has 7 nitrogen and oxygen atoms in total. The predicted octanol–water partition coefficient (Wildman–Crippen LogP) is 3.17. The SMILES string of the molecule is Cc1cc([N+](=O)[O-])ccc1NC(=O)CCN[C@H]1CC(C)(C)OC1(C)C. The van der Waals surface area contributed by atoms with Crippen LogP contribution in [-0.4, -0.2) is 34.6 Å². The average Bonchev–Trinajstić information content (AvgIpc) is 2.68. The summed E-state index contributed by atoms with van der Waals surface area (Å²) in [7, 11) is 0. The van der Waals surface area contributed by atoms with Crippen molar-refractivity contribution in [2.24, 2.45) is 0 Å². The van der Waals surface area contributed by atoms with Gasteiger partial charge in [-0.3, -0.25) is 14.9 Å². The molecule has 2 rings (SSSR count). The van der Waals surface area contributed by atoms with Crippen LogP contribution in [0.25, 0.3) is 0 Å². The summed E-state index contributed by atoms with van der Waals surface area (Å²) in [5, 5.41) is 17.0. The minimum atomic E-state index is -0.449. The van der Waals surface area contributed by atoms with Crippen LogP contribution in [0.1, 0.15) is 46.1 Å². The first-order chi connectivity index (χ1) is 11.5. The van der Waals surface area contributed by atoms with E-state index in [1.165, 1.54) is 12.1 Å². The maximum Gasteiger partial charge on any atom is 0.269 e. The molecule has 1 atom stereocenters. The molecule has 0 unspecified atom stereocenters. The fourth-order valence-corrected chi connectivity index (χ4v) is 3.35. The van der Waals surface area contributed by atoms with E-state index in [9.17, 15) is 14.9 Å². The van der Waals surface area contributed by atoms with Gasteiger partial charge >= 0.3 is 0 Å². The Morgan fingerprint density at radius 3 is 2.56 bits per heavy atom. The lowest BCUT2D eigenvalue weighted by Crippen LogP contribution is -2.44. The second-order valence-corrected chi connectivity index (χ2v) is 7.73. The molecule has 0 aromatic heterocycles. The minimum absolute atomic E-state index is 0.0169. The van der Waals surface area contributed by atoms with Crippen molar-refractivity contribution < 1.29 is 14.5 Å². The van der Waals surface area contributed by atoms with Crippen LogP contribution in [0.5, 0.6) is 0 Å². The molecule has 1 amide bonds. The second-order valence-electron chi connectivity index (χ2n) is 7.73. The Bertz CT molecular complexity index is 670. The van der Waals surface area contributed by atoms with Crippen molar-refractivity contribution in [2.75, 3.05) is 11.9 Å². The number of hydrogen-bond donors (Lipinski definition) is 2. The maximum absolute atomic E-state index is 12.1. The van der Waals surface area contributed by atoms with Crippen molar-refractivity contribution >= 4 is 17.3 Å².